The van der Waals surface area contributed by atoms with E-state index in [1.165, 1.54) is 0 Å². The monoisotopic (exact) mass is 304 g/mol. The second-order valence-corrected chi connectivity index (χ2v) is 9.23. The maximum absolute atomic E-state index is 10.6. The van der Waals surface area contributed by atoms with Gasteiger partial charge in [-0.15, -0.1) is 0 Å². The highest BCUT2D eigenvalue weighted by Crippen LogP contribution is 2.36. The summed E-state index contributed by atoms with van der Waals surface area (Å²) in [5.41, 5.74) is 0. The van der Waals surface area contributed by atoms with Crippen LogP contribution in [-0.4, -0.2) is 11.5 Å². The predicted octanol–water partition coefficient (Wildman–Crippen LogP) is 5.15. The average Bonchev–Trinajstić information content (AvgIpc) is 2.54. The van der Waals surface area contributed by atoms with Crippen LogP contribution in [0.5, 0.6) is 0 Å². The van der Waals surface area contributed by atoms with Gasteiger partial charge in [0.2, 0.25) is 0 Å². The minimum Gasteiger partial charge on any atom is -0.208 e. The fourth-order valence-corrected chi connectivity index (χ4v) is 5.92. The second-order valence-electron chi connectivity index (χ2n) is 4.36. The van der Waals surface area contributed by atoms with Gasteiger partial charge in [0.25, 0.3) is 0 Å². The zero-order valence-corrected chi connectivity index (χ0v) is 13.5. The smallest absolute Gasteiger partial charge is 0.0355 e. The Hall–Kier alpha value is -1.35. The number of rotatable bonds is 2. The molecule has 0 amide bonds. The van der Waals surface area contributed by atoms with Crippen molar-refractivity contribution >= 4 is 20.5 Å². The van der Waals surface area contributed by atoms with Crippen LogP contribution in [0.2, 0.25) is 0 Å². The van der Waals surface area contributed by atoms with Gasteiger partial charge in [0, 0.05) is 31.1 Å². The molecule has 0 saturated heterocycles. The van der Waals surface area contributed by atoms with Crippen LogP contribution in [0.1, 0.15) is 13.8 Å². The lowest BCUT2D eigenvalue weighted by molar-refractivity contribution is 1.36. The molecular formula is C16H20N2S2. The van der Waals surface area contributed by atoms with E-state index in [9.17, 15) is 4.61 Å². The first-order valence-corrected chi connectivity index (χ1v) is 9.84. The third kappa shape index (κ3) is 3.60. The summed E-state index contributed by atoms with van der Waals surface area (Å²) < 4.78 is 15.5. The van der Waals surface area contributed by atoms with Gasteiger partial charge in [0.05, 0.1) is 0 Å². The fraction of sp³-hybridized carbons (Fsp3) is 0.250. The van der Waals surface area contributed by atoms with Crippen LogP contribution in [-0.2, 0) is 10.7 Å². The summed E-state index contributed by atoms with van der Waals surface area (Å²) in [4.78, 5) is 2.32. The third-order valence-electron chi connectivity index (χ3n) is 3.07. The molecule has 2 rings (SSSR count). The Bertz CT molecular complexity index is 630. The van der Waals surface area contributed by atoms with Crippen molar-refractivity contribution < 1.29 is 0 Å². The number of hydrogen-bond donors (Lipinski definition) is 0. The van der Waals surface area contributed by atoms with Crippen LogP contribution in [0.3, 0.4) is 0 Å². The summed E-state index contributed by atoms with van der Waals surface area (Å²) in [6.07, 6.45) is 0. The minimum absolute atomic E-state index is 0.408. The maximum atomic E-state index is 10.6. The summed E-state index contributed by atoms with van der Waals surface area (Å²) in [5.74, 6) is 1.43. The summed E-state index contributed by atoms with van der Waals surface area (Å²) in [6, 6.07) is 20.5. The molecule has 0 saturated carbocycles. The maximum Gasteiger partial charge on any atom is 0.0355 e. The van der Waals surface area contributed by atoms with Gasteiger partial charge < -0.3 is 0 Å². The molecule has 0 aliphatic carbocycles. The molecule has 0 radical (unpaired) electrons. The van der Waals surface area contributed by atoms with Gasteiger partial charge in [0.15, 0.2) is 0 Å². The van der Waals surface area contributed by atoms with Crippen molar-refractivity contribution in [2.24, 2.45) is 3.77 Å². The largest absolute Gasteiger partial charge is 0.208 e. The third-order valence-corrected chi connectivity index (χ3v) is 8.06. The highest BCUT2D eigenvalue weighted by atomic mass is 32.3. The highest BCUT2D eigenvalue weighted by molar-refractivity contribution is 8.23. The Balaban J connectivity index is 2.58. The van der Waals surface area contributed by atoms with Gasteiger partial charge in [-0.1, -0.05) is 50.2 Å². The molecule has 106 valence electrons. The average molecular weight is 304 g/mol. The Labute approximate surface area is 125 Å². The van der Waals surface area contributed by atoms with Crippen LogP contribution >= 0.6 is 9.84 Å². The molecule has 0 aromatic heterocycles. The molecular weight excluding hydrogens is 284 g/mol. The summed E-state index contributed by atoms with van der Waals surface area (Å²) in [7, 11) is -2.28. The van der Waals surface area contributed by atoms with E-state index in [2.05, 4.69) is 24.3 Å². The van der Waals surface area contributed by atoms with Crippen molar-refractivity contribution in [3.63, 3.8) is 0 Å². The number of nitrogens with zero attached hydrogens (tertiary/aromatic N) is 2. The number of hydrogen-bond acceptors (Lipinski definition) is 2. The lowest BCUT2D eigenvalue weighted by Crippen LogP contribution is -1.96. The molecule has 2 aromatic rings. The van der Waals surface area contributed by atoms with Gasteiger partial charge in [0.1, 0.15) is 0 Å². The first kappa shape index (κ1) is 15.0. The van der Waals surface area contributed by atoms with Crippen molar-refractivity contribution in [1.82, 2.24) is 0 Å². The van der Waals surface area contributed by atoms with E-state index in [1.807, 2.05) is 50.2 Å². The van der Waals surface area contributed by atoms with E-state index >= 15 is 0 Å². The minimum atomic E-state index is -1.87. The van der Waals surface area contributed by atoms with Crippen LogP contribution in [0.4, 0.5) is 0 Å². The molecule has 0 N–H and O–H groups in total. The Kier molecular flexibility index (Phi) is 5.18. The van der Waals surface area contributed by atoms with E-state index < -0.39 is 20.5 Å². The summed E-state index contributed by atoms with van der Waals surface area (Å²) >= 11 is 0. The quantitative estimate of drug-likeness (QED) is 0.756. The molecule has 4 heteroatoms. The van der Waals surface area contributed by atoms with Crippen LogP contribution < -0.4 is 0 Å². The lowest BCUT2D eigenvalue weighted by Gasteiger charge is -2.15. The van der Waals surface area contributed by atoms with Crippen LogP contribution in [0.15, 0.2) is 74.2 Å². The first-order chi connectivity index (χ1) is 9.68. The molecule has 20 heavy (non-hydrogen) atoms. The van der Waals surface area contributed by atoms with Gasteiger partial charge in [-0.25, -0.2) is 4.61 Å². The Morgan fingerprint density at radius 1 is 0.850 bits per heavy atom. The van der Waals surface area contributed by atoms with Gasteiger partial charge in [-0.05, 0) is 35.0 Å². The first-order valence-electron chi connectivity index (χ1n) is 6.77. The zero-order valence-electron chi connectivity index (χ0n) is 11.9. The Morgan fingerprint density at radius 3 is 1.60 bits per heavy atom. The SMILES string of the molecule is CCS(#N)(CC)N=S(c1ccccc1)c1ccccc1. The molecule has 2 aromatic carbocycles. The number of benzene rings is 2. The molecule has 0 bridgehead atoms. The van der Waals surface area contributed by atoms with Gasteiger partial charge >= 0.3 is 0 Å². The van der Waals surface area contributed by atoms with Crippen molar-refractivity contribution in [3.8, 4) is 0 Å². The van der Waals surface area contributed by atoms with E-state index in [0.29, 0.717) is 11.5 Å². The zero-order chi connectivity index (χ0) is 14.4. The van der Waals surface area contributed by atoms with E-state index in [1.54, 1.807) is 0 Å². The molecule has 0 unspecified atom stereocenters. The lowest BCUT2D eigenvalue weighted by atomic mass is 10.4. The second kappa shape index (κ2) is 6.89. The standard InChI is InChI=1S/C16H20N2S2/c1-3-20(17,4-2)18-19(15-11-7-5-8-12-15)16-13-9-6-10-14-16/h5-14H,3-4H2,1-2H3. The predicted molar refractivity (Wildman–Crippen MR) is 89.6 cm³/mol. The van der Waals surface area contributed by atoms with E-state index in [-0.39, 0.29) is 0 Å². The van der Waals surface area contributed by atoms with E-state index in [4.69, 9.17) is 3.77 Å². The van der Waals surface area contributed by atoms with Crippen molar-refractivity contribution in [2.75, 3.05) is 11.5 Å². The molecule has 2 nitrogen and oxygen atoms in total. The molecule has 0 aliphatic heterocycles. The normalized spacial score (nSPS) is 11.5. The summed E-state index contributed by atoms with van der Waals surface area (Å²) in [5, 5.41) is 0. The molecule has 0 spiro atoms. The fourth-order valence-electron chi connectivity index (χ4n) is 1.77. The van der Waals surface area contributed by atoms with Crippen molar-refractivity contribution in [3.05, 3.63) is 60.7 Å². The van der Waals surface area contributed by atoms with E-state index in [0.717, 1.165) is 9.79 Å². The molecule has 0 atom stereocenters. The molecule has 0 aliphatic rings. The van der Waals surface area contributed by atoms with Gasteiger partial charge in [-0.3, -0.25) is 0 Å². The van der Waals surface area contributed by atoms with Crippen LogP contribution in [0, 0.1) is 4.61 Å². The molecule has 0 fully saturated rings. The van der Waals surface area contributed by atoms with Gasteiger partial charge in [-0.2, -0.15) is 3.77 Å². The Morgan fingerprint density at radius 2 is 1.25 bits per heavy atom. The molecule has 0 heterocycles. The summed E-state index contributed by atoms with van der Waals surface area (Å²) in [6.45, 7) is 4.03. The topological polar surface area (TPSA) is 36.1 Å². The van der Waals surface area contributed by atoms with Crippen LogP contribution in [0.25, 0.3) is 0 Å². The van der Waals surface area contributed by atoms with Crippen molar-refractivity contribution in [2.45, 2.75) is 23.6 Å². The van der Waals surface area contributed by atoms with Crippen molar-refractivity contribution in [1.29, 1.82) is 4.61 Å². The highest BCUT2D eigenvalue weighted by Gasteiger charge is 2.12.